The Hall–Kier alpha value is -1.22. The summed E-state index contributed by atoms with van der Waals surface area (Å²) in [5.41, 5.74) is 0. The van der Waals surface area contributed by atoms with E-state index in [2.05, 4.69) is 15.6 Å². The summed E-state index contributed by atoms with van der Waals surface area (Å²) in [5, 5.41) is 6.35. The van der Waals surface area contributed by atoms with Gasteiger partial charge in [-0.05, 0) is 19.1 Å². The van der Waals surface area contributed by atoms with Gasteiger partial charge in [0.25, 0.3) is 0 Å². The number of halogens is 1. The monoisotopic (exact) mass is 423 g/mol. The lowest BCUT2D eigenvalue weighted by molar-refractivity contribution is 0.202. The number of methoxy groups -OCH3 is 2. The second-order valence-corrected chi connectivity index (χ2v) is 4.45. The Morgan fingerprint density at radius 2 is 1.86 bits per heavy atom. The van der Waals surface area contributed by atoms with E-state index in [4.69, 9.17) is 14.2 Å². The van der Waals surface area contributed by atoms with Crippen molar-refractivity contribution in [3.63, 3.8) is 0 Å². The van der Waals surface area contributed by atoms with Crippen LogP contribution in [0.5, 0.6) is 11.5 Å². The topological polar surface area (TPSA) is 64.1 Å². The third-order valence-electron chi connectivity index (χ3n) is 2.78. The molecule has 1 aromatic carbocycles. The van der Waals surface area contributed by atoms with E-state index in [9.17, 15) is 0 Å². The molecular formula is C15H26IN3O3. The van der Waals surface area contributed by atoms with Crippen LogP contribution >= 0.6 is 24.0 Å². The molecule has 0 aliphatic carbocycles. The van der Waals surface area contributed by atoms with Crippen LogP contribution in [0.2, 0.25) is 0 Å². The number of benzene rings is 1. The van der Waals surface area contributed by atoms with E-state index >= 15 is 0 Å². The summed E-state index contributed by atoms with van der Waals surface area (Å²) in [6.07, 6.45) is -0.0257. The van der Waals surface area contributed by atoms with E-state index in [0.717, 1.165) is 17.5 Å². The first-order chi connectivity index (χ1) is 10.2. The van der Waals surface area contributed by atoms with Gasteiger partial charge in [0.15, 0.2) is 17.5 Å². The molecule has 0 heterocycles. The summed E-state index contributed by atoms with van der Waals surface area (Å²) >= 11 is 0. The maximum atomic E-state index is 5.86. The van der Waals surface area contributed by atoms with Gasteiger partial charge in [-0.2, -0.15) is 0 Å². The molecule has 1 rings (SSSR count). The van der Waals surface area contributed by atoms with Gasteiger partial charge in [0, 0.05) is 20.7 Å². The molecule has 126 valence electrons. The van der Waals surface area contributed by atoms with Gasteiger partial charge in [-0.3, -0.25) is 4.99 Å². The second-order valence-electron chi connectivity index (χ2n) is 4.45. The lowest BCUT2D eigenvalue weighted by Crippen LogP contribution is -2.42. The SMILES string of the molecule is CN=C(NCCOC)NCC(C)Oc1ccccc1OC.I. The van der Waals surface area contributed by atoms with Gasteiger partial charge in [0.05, 0.1) is 20.3 Å². The lowest BCUT2D eigenvalue weighted by Gasteiger charge is -2.19. The van der Waals surface area contributed by atoms with Gasteiger partial charge >= 0.3 is 0 Å². The van der Waals surface area contributed by atoms with Gasteiger partial charge in [-0.15, -0.1) is 24.0 Å². The molecule has 0 radical (unpaired) electrons. The number of hydrogen-bond donors (Lipinski definition) is 2. The van der Waals surface area contributed by atoms with Crippen molar-refractivity contribution in [2.24, 2.45) is 4.99 Å². The zero-order valence-electron chi connectivity index (χ0n) is 13.6. The molecule has 0 aliphatic heterocycles. The van der Waals surface area contributed by atoms with Gasteiger partial charge in [0.2, 0.25) is 0 Å². The summed E-state index contributed by atoms with van der Waals surface area (Å²) in [5.74, 6) is 2.19. The van der Waals surface area contributed by atoms with E-state index in [0.29, 0.717) is 19.7 Å². The summed E-state index contributed by atoms with van der Waals surface area (Å²) in [4.78, 5) is 4.13. The van der Waals surface area contributed by atoms with Crippen LogP contribution in [0.25, 0.3) is 0 Å². The molecule has 1 aromatic rings. The summed E-state index contributed by atoms with van der Waals surface area (Å²) in [7, 11) is 5.03. The molecule has 0 amide bonds. The van der Waals surface area contributed by atoms with Crippen LogP contribution < -0.4 is 20.1 Å². The van der Waals surface area contributed by atoms with Crippen molar-refractivity contribution in [1.29, 1.82) is 0 Å². The second kappa shape index (κ2) is 12.3. The predicted molar refractivity (Wildman–Crippen MR) is 99.7 cm³/mol. The quantitative estimate of drug-likeness (QED) is 0.290. The van der Waals surface area contributed by atoms with Crippen LogP contribution in [0.1, 0.15) is 6.92 Å². The van der Waals surface area contributed by atoms with Gasteiger partial charge in [0.1, 0.15) is 6.10 Å². The van der Waals surface area contributed by atoms with Crippen LogP contribution in [0, 0.1) is 0 Å². The number of nitrogens with zero attached hydrogens (tertiary/aromatic N) is 1. The average molecular weight is 423 g/mol. The molecular weight excluding hydrogens is 397 g/mol. The van der Waals surface area contributed by atoms with Crippen molar-refractivity contribution in [1.82, 2.24) is 10.6 Å². The summed E-state index contributed by atoms with van der Waals surface area (Å²) in [6.45, 7) is 3.96. The van der Waals surface area contributed by atoms with E-state index in [1.165, 1.54) is 0 Å². The maximum absolute atomic E-state index is 5.86. The first-order valence-corrected chi connectivity index (χ1v) is 6.94. The molecule has 0 spiro atoms. The third kappa shape index (κ3) is 7.69. The fraction of sp³-hybridized carbons (Fsp3) is 0.533. The molecule has 2 N–H and O–H groups in total. The number of guanidine groups is 1. The van der Waals surface area contributed by atoms with Crippen molar-refractivity contribution in [3.8, 4) is 11.5 Å². The third-order valence-corrected chi connectivity index (χ3v) is 2.78. The van der Waals surface area contributed by atoms with Crippen LogP contribution in [0.4, 0.5) is 0 Å². The van der Waals surface area contributed by atoms with Crippen LogP contribution in [-0.4, -0.2) is 53.0 Å². The Morgan fingerprint density at radius 1 is 1.18 bits per heavy atom. The highest BCUT2D eigenvalue weighted by Gasteiger charge is 2.09. The molecule has 0 bridgehead atoms. The van der Waals surface area contributed by atoms with Crippen LogP contribution in [-0.2, 0) is 4.74 Å². The van der Waals surface area contributed by atoms with Crippen LogP contribution in [0.15, 0.2) is 29.3 Å². The number of aliphatic imine (C=N–C) groups is 1. The Labute approximate surface area is 149 Å². The minimum atomic E-state index is -0.0257. The molecule has 0 saturated heterocycles. The summed E-state index contributed by atoms with van der Waals surface area (Å²) < 4.78 is 16.1. The average Bonchev–Trinajstić information content (AvgIpc) is 2.51. The largest absolute Gasteiger partial charge is 0.493 e. The van der Waals surface area contributed by atoms with Crippen molar-refractivity contribution in [2.75, 3.05) is 41.0 Å². The summed E-state index contributed by atoms with van der Waals surface area (Å²) in [6, 6.07) is 7.60. The van der Waals surface area contributed by atoms with E-state index < -0.39 is 0 Å². The fourth-order valence-corrected chi connectivity index (χ4v) is 1.71. The fourth-order valence-electron chi connectivity index (χ4n) is 1.71. The molecule has 6 nitrogen and oxygen atoms in total. The molecule has 7 heteroatoms. The van der Waals surface area contributed by atoms with E-state index in [1.807, 2.05) is 31.2 Å². The predicted octanol–water partition coefficient (Wildman–Crippen LogP) is 1.89. The lowest BCUT2D eigenvalue weighted by atomic mass is 10.3. The Balaban J connectivity index is 0.00000441. The Kier molecular flexibility index (Phi) is 11.7. The van der Waals surface area contributed by atoms with Gasteiger partial charge < -0.3 is 24.8 Å². The Bertz CT molecular complexity index is 444. The van der Waals surface area contributed by atoms with Gasteiger partial charge in [-0.1, -0.05) is 12.1 Å². The smallest absolute Gasteiger partial charge is 0.191 e. The van der Waals surface area contributed by atoms with Crippen molar-refractivity contribution in [2.45, 2.75) is 13.0 Å². The zero-order valence-corrected chi connectivity index (χ0v) is 15.9. The maximum Gasteiger partial charge on any atom is 0.191 e. The molecule has 0 aromatic heterocycles. The number of para-hydroxylation sites is 2. The Morgan fingerprint density at radius 3 is 2.45 bits per heavy atom. The molecule has 22 heavy (non-hydrogen) atoms. The molecule has 0 fully saturated rings. The highest BCUT2D eigenvalue weighted by Crippen LogP contribution is 2.26. The van der Waals surface area contributed by atoms with Crippen molar-refractivity contribution < 1.29 is 14.2 Å². The number of ether oxygens (including phenoxy) is 3. The molecule has 0 saturated carbocycles. The number of nitrogens with one attached hydrogen (secondary N) is 2. The van der Waals surface area contributed by atoms with Gasteiger partial charge in [-0.25, -0.2) is 0 Å². The highest BCUT2D eigenvalue weighted by molar-refractivity contribution is 14.0. The minimum absolute atomic E-state index is 0. The van der Waals surface area contributed by atoms with E-state index in [-0.39, 0.29) is 30.1 Å². The first-order valence-electron chi connectivity index (χ1n) is 6.94. The first kappa shape index (κ1) is 20.8. The zero-order chi connectivity index (χ0) is 15.5. The van der Waals surface area contributed by atoms with Crippen LogP contribution in [0.3, 0.4) is 0 Å². The van der Waals surface area contributed by atoms with Crippen molar-refractivity contribution in [3.05, 3.63) is 24.3 Å². The van der Waals surface area contributed by atoms with Crippen molar-refractivity contribution >= 4 is 29.9 Å². The molecule has 1 atom stereocenters. The number of rotatable bonds is 8. The highest BCUT2D eigenvalue weighted by atomic mass is 127. The molecule has 0 aliphatic rings. The minimum Gasteiger partial charge on any atom is -0.493 e. The van der Waals surface area contributed by atoms with E-state index in [1.54, 1.807) is 21.3 Å². The molecule has 1 unspecified atom stereocenters. The number of hydrogen-bond acceptors (Lipinski definition) is 4. The standard InChI is InChI=1S/C15H25N3O3.HI/c1-12(11-18-15(16-2)17-9-10-19-3)21-14-8-6-5-7-13(14)20-4;/h5-8,12H,9-11H2,1-4H3,(H2,16,17,18);1H. The normalized spacial score (nSPS) is 12.1.